The molecule has 0 saturated heterocycles. The molecule has 2 N–H and O–H groups in total. The van der Waals surface area contributed by atoms with Gasteiger partial charge in [0.25, 0.3) is 0 Å². The van der Waals surface area contributed by atoms with Crippen molar-refractivity contribution in [1.29, 1.82) is 0 Å². The first-order valence-corrected chi connectivity index (χ1v) is 11.6. The zero-order valence-electron chi connectivity index (χ0n) is 21.4. The van der Waals surface area contributed by atoms with Crippen molar-refractivity contribution in [3.05, 3.63) is 34.4 Å². The standard InChI is InChI=1S/C26H36O9/c1-13-8-9-20(31)18(12-27)10-22(34-16(4)29)19-11-21(33-15(3)28)14(2)23(26(19,6)7)25(24(13)32)35-17(5)30/h8,10,19-22,25,27,31H,9,11-12H2,1-7H3/b13-8+,18-10+/t19-,20-,21-,22+,25+/m0/s1. The predicted molar refractivity (Wildman–Crippen MR) is 126 cm³/mol. The summed E-state index contributed by atoms with van der Waals surface area (Å²) >= 11 is 0. The number of ether oxygens (including phenoxy) is 3. The Balaban J connectivity index is 2.90. The van der Waals surface area contributed by atoms with Gasteiger partial charge < -0.3 is 24.4 Å². The molecule has 5 atom stereocenters. The maximum absolute atomic E-state index is 13.6. The summed E-state index contributed by atoms with van der Waals surface area (Å²) in [5.74, 6) is -2.81. The summed E-state index contributed by atoms with van der Waals surface area (Å²) < 4.78 is 16.8. The molecule has 0 aromatic carbocycles. The number of aliphatic hydroxyl groups excluding tert-OH is 2. The average molecular weight is 493 g/mol. The second-order valence-electron chi connectivity index (χ2n) is 9.72. The normalized spacial score (nSPS) is 32.1. The molecule has 0 aromatic heterocycles. The van der Waals surface area contributed by atoms with E-state index < -0.39 is 66.0 Å². The molecule has 0 saturated carbocycles. The number of fused-ring (bicyclic) bond motifs is 2. The lowest BCUT2D eigenvalue weighted by molar-refractivity contribution is -0.156. The number of ketones is 1. The number of carbonyl (C=O) groups excluding carboxylic acids is 4. The van der Waals surface area contributed by atoms with Crippen molar-refractivity contribution >= 4 is 23.7 Å². The summed E-state index contributed by atoms with van der Waals surface area (Å²) in [5, 5.41) is 20.7. The largest absolute Gasteiger partial charge is 0.458 e. The Morgan fingerprint density at radius 3 is 2.11 bits per heavy atom. The van der Waals surface area contributed by atoms with Gasteiger partial charge in [-0.25, -0.2) is 0 Å². The molecule has 0 aliphatic heterocycles. The van der Waals surface area contributed by atoms with Crippen molar-refractivity contribution in [3.63, 3.8) is 0 Å². The fourth-order valence-electron chi connectivity index (χ4n) is 5.07. The molecule has 0 spiro atoms. The summed E-state index contributed by atoms with van der Waals surface area (Å²) in [6.07, 6.45) is -0.842. The Morgan fingerprint density at radius 2 is 1.60 bits per heavy atom. The summed E-state index contributed by atoms with van der Waals surface area (Å²) in [5.41, 5.74) is 0.659. The van der Waals surface area contributed by atoms with Gasteiger partial charge in [-0.1, -0.05) is 19.9 Å². The molecule has 0 radical (unpaired) electrons. The first-order chi connectivity index (χ1) is 16.2. The van der Waals surface area contributed by atoms with Crippen LogP contribution in [-0.2, 0) is 33.4 Å². The van der Waals surface area contributed by atoms with Crippen molar-refractivity contribution < 1.29 is 43.6 Å². The number of Topliss-reactive ketones (excluding diaryl/α,β-unsaturated/α-hetero) is 1. The smallest absolute Gasteiger partial charge is 0.303 e. The van der Waals surface area contributed by atoms with Crippen molar-refractivity contribution in [2.45, 2.75) is 85.7 Å². The van der Waals surface area contributed by atoms with Gasteiger partial charge in [0.05, 0.1) is 12.7 Å². The van der Waals surface area contributed by atoms with E-state index in [1.54, 1.807) is 13.8 Å². The fraction of sp³-hybridized carbons (Fsp3) is 0.615. The van der Waals surface area contributed by atoms with E-state index in [2.05, 4.69) is 0 Å². The third kappa shape index (κ3) is 6.46. The third-order valence-corrected chi connectivity index (χ3v) is 6.81. The highest BCUT2D eigenvalue weighted by atomic mass is 16.6. The zero-order valence-corrected chi connectivity index (χ0v) is 21.4. The van der Waals surface area contributed by atoms with Gasteiger partial charge in [0.15, 0.2) is 6.10 Å². The van der Waals surface area contributed by atoms with E-state index in [1.807, 2.05) is 13.8 Å². The molecule has 35 heavy (non-hydrogen) atoms. The van der Waals surface area contributed by atoms with Gasteiger partial charge in [-0.2, -0.15) is 0 Å². The third-order valence-electron chi connectivity index (χ3n) is 6.81. The van der Waals surface area contributed by atoms with Crippen LogP contribution in [0.3, 0.4) is 0 Å². The van der Waals surface area contributed by atoms with E-state index in [1.165, 1.54) is 32.9 Å². The Kier molecular flexibility index (Phi) is 9.19. The number of hydrogen-bond acceptors (Lipinski definition) is 9. The fourth-order valence-corrected chi connectivity index (χ4v) is 5.07. The Morgan fingerprint density at radius 1 is 1.03 bits per heavy atom. The van der Waals surface area contributed by atoms with E-state index in [0.717, 1.165) is 0 Å². The summed E-state index contributed by atoms with van der Waals surface area (Å²) in [6.45, 7) is 10.2. The highest BCUT2D eigenvalue weighted by Crippen LogP contribution is 2.50. The Bertz CT molecular complexity index is 969. The van der Waals surface area contributed by atoms with E-state index in [0.29, 0.717) is 11.1 Å². The Labute approximate surface area is 205 Å². The van der Waals surface area contributed by atoms with Crippen LogP contribution in [0.15, 0.2) is 34.4 Å². The number of hydrogen-bond donors (Lipinski definition) is 2. The first kappa shape index (κ1) is 28.5. The van der Waals surface area contributed by atoms with Crippen LogP contribution >= 0.6 is 0 Å². The van der Waals surface area contributed by atoms with Crippen LogP contribution < -0.4 is 0 Å². The van der Waals surface area contributed by atoms with Gasteiger partial charge in [0.1, 0.15) is 12.2 Å². The number of rotatable bonds is 4. The lowest BCUT2D eigenvalue weighted by Crippen LogP contribution is -2.49. The minimum atomic E-state index is -1.30. The molecular formula is C26H36O9. The van der Waals surface area contributed by atoms with Crippen molar-refractivity contribution in [1.82, 2.24) is 0 Å². The minimum Gasteiger partial charge on any atom is -0.458 e. The highest BCUT2D eigenvalue weighted by Gasteiger charge is 2.51. The maximum atomic E-state index is 13.6. The van der Waals surface area contributed by atoms with Crippen molar-refractivity contribution in [2.75, 3.05) is 6.61 Å². The van der Waals surface area contributed by atoms with Crippen LogP contribution in [-0.4, -0.2) is 64.9 Å². The van der Waals surface area contributed by atoms with Crippen LogP contribution in [0.5, 0.6) is 0 Å². The molecular weight excluding hydrogens is 456 g/mol. The second kappa shape index (κ2) is 11.3. The summed E-state index contributed by atoms with van der Waals surface area (Å²) in [4.78, 5) is 49.6. The van der Waals surface area contributed by atoms with Gasteiger partial charge >= 0.3 is 17.9 Å². The second-order valence-corrected chi connectivity index (χ2v) is 9.72. The topological polar surface area (TPSA) is 136 Å². The van der Waals surface area contributed by atoms with Crippen LogP contribution in [0.2, 0.25) is 0 Å². The van der Waals surface area contributed by atoms with Gasteiger partial charge in [-0.15, -0.1) is 0 Å². The average Bonchev–Trinajstić information content (AvgIpc) is 2.73. The SMILES string of the molecule is CC(=O)O[C@H]1C(=O)/C(C)=C/C[C@H](O)/C(CO)=C/[C@@H](OC(C)=O)[C@@H]2C[C@H](OC(C)=O)C(C)=C1C2(C)C. The highest BCUT2D eigenvalue weighted by molar-refractivity contribution is 6.01. The van der Waals surface area contributed by atoms with Crippen LogP contribution in [0.1, 0.15) is 61.3 Å². The molecule has 0 heterocycles. The minimum absolute atomic E-state index is 0.0196. The van der Waals surface area contributed by atoms with E-state index in [9.17, 15) is 29.4 Å². The van der Waals surface area contributed by atoms with Crippen molar-refractivity contribution in [3.8, 4) is 0 Å². The van der Waals surface area contributed by atoms with Crippen LogP contribution in [0.25, 0.3) is 0 Å². The summed E-state index contributed by atoms with van der Waals surface area (Å²) in [7, 11) is 0. The van der Waals surface area contributed by atoms with Crippen LogP contribution in [0.4, 0.5) is 0 Å². The molecule has 2 rings (SSSR count). The molecule has 0 fully saturated rings. The van der Waals surface area contributed by atoms with Gasteiger partial charge in [-0.3, -0.25) is 19.2 Å². The van der Waals surface area contributed by atoms with Crippen molar-refractivity contribution in [2.24, 2.45) is 11.3 Å². The molecule has 2 bridgehead atoms. The molecule has 0 amide bonds. The van der Waals surface area contributed by atoms with E-state index in [-0.39, 0.29) is 24.0 Å². The first-order valence-electron chi connectivity index (χ1n) is 11.6. The molecule has 9 heteroatoms. The van der Waals surface area contributed by atoms with Gasteiger partial charge in [0.2, 0.25) is 5.78 Å². The lowest BCUT2D eigenvalue weighted by Gasteiger charge is -2.48. The molecule has 194 valence electrons. The zero-order chi connectivity index (χ0) is 26.7. The molecule has 2 aliphatic carbocycles. The molecule has 0 unspecified atom stereocenters. The predicted octanol–water partition coefficient (Wildman–Crippen LogP) is 2.34. The van der Waals surface area contributed by atoms with Crippen LogP contribution in [0, 0.1) is 11.3 Å². The number of esters is 3. The molecule has 0 aromatic rings. The Hall–Kier alpha value is -2.78. The van der Waals surface area contributed by atoms with E-state index >= 15 is 0 Å². The lowest BCUT2D eigenvalue weighted by atomic mass is 9.60. The maximum Gasteiger partial charge on any atom is 0.303 e. The molecule has 2 aliphatic rings. The van der Waals surface area contributed by atoms with Gasteiger partial charge in [-0.05, 0) is 60.5 Å². The quantitative estimate of drug-likeness (QED) is 0.344. The number of carbonyl (C=O) groups is 4. The molecule has 9 nitrogen and oxygen atoms in total. The van der Waals surface area contributed by atoms with Gasteiger partial charge in [0, 0.05) is 26.7 Å². The summed E-state index contributed by atoms with van der Waals surface area (Å²) in [6, 6.07) is 0. The van der Waals surface area contributed by atoms with E-state index in [4.69, 9.17) is 14.2 Å². The number of aliphatic hydroxyl groups is 2. The monoisotopic (exact) mass is 492 g/mol.